The Kier molecular flexibility index (Phi) is 10.1. The van der Waals surface area contributed by atoms with Crippen LogP contribution in [0.4, 0.5) is 0 Å². The molecule has 0 aliphatic carbocycles. The second kappa shape index (κ2) is 12.4. The fraction of sp³-hybridized carbons (Fsp3) is 1.00. The molecule has 3 heterocycles. The van der Waals surface area contributed by atoms with Crippen molar-refractivity contribution in [3.8, 4) is 0 Å². The molecule has 0 amide bonds. The lowest BCUT2D eigenvalue weighted by molar-refractivity contribution is -0.805. The maximum Gasteiger partial charge on any atom is 0.297 e. The van der Waals surface area contributed by atoms with Crippen molar-refractivity contribution >= 4 is 0 Å². The predicted molar refractivity (Wildman–Crippen MR) is 114 cm³/mol. The Morgan fingerprint density at radius 1 is 0.789 bits per heavy atom. The summed E-state index contributed by atoms with van der Waals surface area (Å²) in [6.45, 7) is -2.88. The summed E-state index contributed by atoms with van der Waals surface area (Å²) in [5.41, 5.74) is 17.5. The van der Waals surface area contributed by atoms with Gasteiger partial charge in [-0.2, -0.15) is 0 Å². The minimum atomic E-state index is -2.81. The molecule has 0 aromatic carbocycles. The molecular weight excluding hydrogens is 528 g/mol. The molecule has 0 spiro atoms. The van der Waals surface area contributed by atoms with E-state index < -0.39 is 117 Å². The predicted octanol–water partition coefficient (Wildman–Crippen LogP) is -8.14. The van der Waals surface area contributed by atoms with Crippen LogP contribution >= 0.6 is 0 Å². The van der Waals surface area contributed by atoms with Gasteiger partial charge in [-0.25, -0.2) is 0 Å². The van der Waals surface area contributed by atoms with Crippen molar-refractivity contribution in [1.82, 2.24) is 0 Å². The van der Waals surface area contributed by atoms with E-state index in [2.05, 4.69) is 4.84 Å². The number of aliphatic hydroxyl groups is 8. The molecular formula is C18H34N4O16. The van der Waals surface area contributed by atoms with E-state index in [0.717, 1.165) is 0 Å². The van der Waals surface area contributed by atoms with Crippen molar-refractivity contribution in [2.24, 2.45) is 17.2 Å². The first-order chi connectivity index (χ1) is 17.8. The van der Waals surface area contributed by atoms with Gasteiger partial charge in [-0.15, -0.1) is 10.1 Å². The molecule has 14 N–H and O–H groups in total. The zero-order valence-electron chi connectivity index (χ0n) is 19.7. The third kappa shape index (κ3) is 5.85. The fourth-order valence-corrected chi connectivity index (χ4v) is 4.41. The van der Waals surface area contributed by atoms with Gasteiger partial charge in [-0.05, 0) is 0 Å². The van der Waals surface area contributed by atoms with Crippen LogP contribution < -0.4 is 17.2 Å². The second-order valence-electron chi connectivity index (χ2n) is 9.09. The zero-order chi connectivity index (χ0) is 28.5. The van der Waals surface area contributed by atoms with Crippen molar-refractivity contribution < 1.29 is 74.5 Å². The Balaban J connectivity index is 1.78. The second-order valence-corrected chi connectivity index (χ2v) is 9.09. The lowest BCUT2D eigenvalue weighted by Gasteiger charge is -2.50. The Labute approximate surface area is 214 Å². The van der Waals surface area contributed by atoms with Crippen LogP contribution in [0.5, 0.6) is 0 Å². The van der Waals surface area contributed by atoms with Crippen molar-refractivity contribution in [3.05, 3.63) is 10.1 Å². The van der Waals surface area contributed by atoms with E-state index in [9.17, 15) is 51.0 Å². The van der Waals surface area contributed by atoms with Crippen LogP contribution in [-0.4, -0.2) is 157 Å². The molecule has 3 aliphatic rings. The van der Waals surface area contributed by atoms with Crippen LogP contribution in [0.1, 0.15) is 0 Å². The van der Waals surface area contributed by atoms with E-state index in [0.29, 0.717) is 0 Å². The van der Waals surface area contributed by atoms with Gasteiger partial charge in [-0.1, -0.05) is 0 Å². The van der Waals surface area contributed by atoms with Crippen molar-refractivity contribution in [2.75, 3.05) is 19.8 Å². The van der Waals surface area contributed by atoms with Crippen LogP contribution in [0.15, 0.2) is 0 Å². The first kappa shape index (κ1) is 31.1. The number of hydrogen-bond donors (Lipinski definition) is 11. The van der Waals surface area contributed by atoms with E-state index in [1.165, 1.54) is 0 Å². The highest BCUT2D eigenvalue weighted by Crippen LogP contribution is 2.34. The highest BCUT2D eigenvalue weighted by atomic mass is 17.0. The quantitative estimate of drug-likeness (QED) is 0.0917. The molecule has 20 heteroatoms. The number of aliphatic hydroxyl groups excluding tert-OH is 8. The summed E-state index contributed by atoms with van der Waals surface area (Å²) >= 11 is 0. The van der Waals surface area contributed by atoms with Gasteiger partial charge >= 0.3 is 0 Å². The highest BCUT2D eigenvalue weighted by molar-refractivity contribution is 5.00. The third-order valence-corrected chi connectivity index (χ3v) is 6.65. The van der Waals surface area contributed by atoms with Gasteiger partial charge in [0.15, 0.2) is 18.9 Å². The van der Waals surface area contributed by atoms with Gasteiger partial charge in [0.05, 0.1) is 37.9 Å². The Morgan fingerprint density at radius 2 is 1.29 bits per heavy atom. The molecule has 3 saturated heterocycles. The smallest absolute Gasteiger partial charge is 0.297 e. The number of rotatable bonds is 9. The summed E-state index contributed by atoms with van der Waals surface area (Å²) in [5, 5.41) is 90.1. The normalized spacial score (nSPS) is 50.0. The van der Waals surface area contributed by atoms with Crippen molar-refractivity contribution in [3.63, 3.8) is 0 Å². The van der Waals surface area contributed by atoms with E-state index in [1.54, 1.807) is 0 Å². The number of nitrogens with two attached hydrogens (primary N) is 3. The monoisotopic (exact) mass is 562 g/mol. The van der Waals surface area contributed by atoms with Crippen LogP contribution in [0.25, 0.3) is 0 Å². The van der Waals surface area contributed by atoms with E-state index in [-0.39, 0.29) is 0 Å². The van der Waals surface area contributed by atoms with E-state index in [1.807, 2.05) is 0 Å². The summed E-state index contributed by atoms with van der Waals surface area (Å²) in [6, 6.07) is -4.42. The molecule has 222 valence electrons. The molecule has 38 heavy (non-hydrogen) atoms. The highest BCUT2D eigenvalue weighted by Gasteiger charge is 2.58. The van der Waals surface area contributed by atoms with Crippen LogP contribution in [0.2, 0.25) is 0 Å². The molecule has 0 aromatic rings. The average Bonchev–Trinajstić information content (AvgIpc) is 2.89. The van der Waals surface area contributed by atoms with Crippen molar-refractivity contribution in [2.45, 2.75) is 91.6 Å². The Bertz CT molecular complexity index is 797. The largest absolute Gasteiger partial charge is 0.394 e. The molecule has 0 radical (unpaired) electrons. The first-order valence-electron chi connectivity index (χ1n) is 11.4. The van der Waals surface area contributed by atoms with Gasteiger partial charge < -0.3 is 81.7 Å². The van der Waals surface area contributed by atoms with Gasteiger partial charge in [0.1, 0.15) is 48.8 Å². The van der Waals surface area contributed by atoms with Crippen LogP contribution in [0.3, 0.4) is 0 Å². The average molecular weight is 562 g/mol. The minimum Gasteiger partial charge on any atom is -0.394 e. The number of hydrogen-bond acceptors (Lipinski definition) is 19. The standard InChI is InChI=1S/C18H34N4O16/c19-6-9(26)12(4(1-23)33-15(6)30)35-16-7(20)10(27)13(5(2-24)34-16)36-17-8(21)11(28)14(29)18(3-25,37-17)38-22(31)32/h4-17,23-30H,1-3,19-21H2/t4-,5-,6-,7-,8-,9-,10-,11-,12?,13?,14+,15-,16+,17+,18-/m1/s1. The summed E-state index contributed by atoms with van der Waals surface area (Å²) in [7, 11) is 0. The molecule has 3 aliphatic heterocycles. The molecule has 0 aromatic heterocycles. The number of ether oxygens (including phenoxy) is 5. The molecule has 0 saturated carbocycles. The Morgan fingerprint density at radius 3 is 1.82 bits per heavy atom. The molecule has 0 bridgehead atoms. The summed E-state index contributed by atoms with van der Waals surface area (Å²) < 4.78 is 27.1. The van der Waals surface area contributed by atoms with Crippen LogP contribution in [0, 0.1) is 10.1 Å². The molecule has 2 unspecified atom stereocenters. The topological polar surface area (TPSA) is 338 Å². The zero-order valence-corrected chi connectivity index (χ0v) is 19.7. The molecule has 20 nitrogen and oxygen atoms in total. The third-order valence-electron chi connectivity index (χ3n) is 6.65. The van der Waals surface area contributed by atoms with E-state index >= 15 is 0 Å². The minimum absolute atomic E-state index is 0.713. The summed E-state index contributed by atoms with van der Waals surface area (Å²) in [4.78, 5) is 15.2. The lowest BCUT2D eigenvalue weighted by Crippen LogP contribution is -2.72. The van der Waals surface area contributed by atoms with Gasteiger partial charge in [0, 0.05) is 0 Å². The summed E-state index contributed by atoms with van der Waals surface area (Å²) in [5.74, 6) is -2.81. The molecule has 15 atom stereocenters. The van der Waals surface area contributed by atoms with Gasteiger partial charge in [-0.3, -0.25) is 4.84 Å². The maximum absolute atomic E-state index is 10.9. The van der Waals surface area contributed by atoms with Crippen LogP contribution in [-0.2, 0) is 28.5 Å². The van der Waals surface area contributed by atoms with Gasteiger partial charge in [0.2, 0.25) is 0 Å². The lowest BCUT2D eigenvalue weighted by atomic mass is 9.93. The fourth-order valence-electron chi connectivity index (χ4n) is 4.41. The van der Waals surface area contributed by atoms with Crippen molar-refractivity contribution in [1.29, 1.82) is 0 Å². The first-order valence-corrected chi connectivity index (χ1v) is 11.4. The summed E-state index contributed by atoms with van der Waals surface area (Å²) in [6.07, 6.45) is -18.3. The molecule has 3 fully saturated rings. The Hall–Kier alpha value is -1.44. The maximum atomic E-state index is 10.9. The molecule has 3 rings (SSSR count). The number of nitrogens with zero attached hydrogens (tertiary/aromatic N) is 1. The van der Waals surface area contributed by atoms with Gasteiger partial charge in [0.25, 0.3) is 10.9 Å². The van der Waals surface area contributed by atoms with E-state index in [4.69, 9.17) is 40.9 Å². The SMILES string of the molecule is N[C@H]1[C@@H](OC2[C@@H](CO)O[C@@H](OC3[C@@H](CO)O[C@@H](O)[C@H](N)[C@H]3O)[C@H](N)[C@H]2O)O[C@](CO)(O[N+](=O)[O-])[C@@H](O)[C@@H]1O.